The Balaban J connectivity index is 1.75. The fourth-order valence-electron chi connectivity index (χ4n) is 2.52. The third-order valence-electron chi connectivity index (χ3n) is 3.66. The van der Waals surface area contributed by atoms with Crippen molar-refractivity contribution in [1.82, 2.24) is 4.98 Å². The Morgan fingerprint density at radius 3 is 2.68 bits per heavy atom. The van der Waals surface area contributed by atoms with Crippen molar-refractivity contribution in [2.75, 3.05) is 4.72 Å². The van der Waals surface area contributed by atoms with E-state index in [9.17, 15) is 13.2 Å². The Labute approximate surface area is 146 Å². The molecular formula is C17H12N2O4S2. The highest BCUT2D eigenvalue weighted by molar-refractivity contribution is 7.92. The molecule has 25 heavy (non-hydrogen) atoms. The number of aromatic nitrogens is 1. The number of aromatic amines is 1. The minimum atomic E-state index is -3.83. The van der Waals surface area contributed by atoms with Crippen molar-refractivity contribution in [3.63, 3.8) is 0 Å². The smallest absolute Gasteiger partial charge is 0.408 e. The van der Waals surface area contributed by atoms with Crippen LogP contribution in [0.1, 0.15) is 0 Å². The Hall–Kier alpha value is -2.84. The zero-order valence-corrected chi connectivity index (χ0v) is 14.4. The summed E-state index contributed by atoms with van der Waals surface area (Å²) in [5.74, 6) is -0.624. The molecule has 8 heteroatoms. The van der Waals surface area contributed by atoms with Gasteiger partial charge in [0, 0.05) is 16.5 Å². The van der Waals surface area contributed by atoms with Crippen LogP contribution in [0, 0.1) is 0 Å². The van der Waals surface area contributed by atoms with Crippen LogP contribution in [0.5, 0.6) is 0 Å². The number of oxazole rings is 1. The summed E-state index contributed by atoms with van der Waals surface area (Å²) >= 11 is 1.53. The predicted octanol–water partition coefficient (Wildman–Crippen LogP) is 3.65. The molecule has 6 nitrogen and oxygen atoms in total. The van der Waals surface area contributed by atoms with Gasteiger partial charge in [-0.1, -0.05) is 24.3 Å². The Morgan fingerprint density at radius 1 is 1.04 bits per heavy atom. The fourth-order valence-corrected chi connectivity index (χ4v) is 4.38. The molecule has 0 aliphatic carbocycles. The van der Waals surface area contributed by atoms with Crippen LogP contribution in [-0.4, -0.2) is 13.4 Å². The zero-order chi connectivity index (χ0) is 17.4. The predicted molar refractivity (Wildman–Crippen MR) is 97.4 cm³/mol. The van der Waals surface area contributed by atoms with Crippen LogP contribution in [0.25, 0.3) is 21.5 Å². The van der Waals surface area contributed by atoms with Crippen LogP contribution in [-0.2, 0) is 10.0 Å². The summed E-state index contributed by atoms with van der Waals surface area (Å²) in [5, 5.41) is 1.93. The van der Waals surface area contributed by atoms with Crippen molar-refractivity contribution in [1.29, 1.82) is 0 Å². The lowest BCUT2D eigenvalue weighted by Crippen LogP contribution is -2.13. The third-order valence-corrected chi connectivity index (χ3v) is 5.93. The molecule has 2 heterocycles. The number of fused-ring (bicyclic) bond motifs is 1. The quantitative estimate of drug-likeness (QED) is 0.572. The molecule has 0 saturated carbocycles. The number of para-hydroxylation sites is 1. The van der Waals surface area contributed by atoms with Gasteiger partial charge in [0.1, 0.15) is 0 Å². The van der Waals surface area contributed by atoms with Crippen LogP contribution >= 0.6 is 11.3 Å². The van der Waals surface area contributed by atoms with E-state index < -0.39 is 15.8 Å². The van der Waals surface area contributed by atoms with Gasteiger partial charge in [-0.25, -0.2) is 13.2 Å². The van der Waals surface area contributed by atoms with E-state index in [1.807, 2.05) is 29.6 Å². The van der Waals surface area contributed by atoms with E-state index in [4.69, 9.17) is 4.42 Å². The van der Waals surface area contributed by atoms with E-state index >= 15 is 0 Å². The number of hydrogen-bond acceptors (Lipinski definition) is 5. The number of H-pyrrole nitrogens is 1. The lowest BCUT2D eigenvalue weighted by Gasteiger charge is -2.11. The standard InChI is InChI=1S/C17H12N2O4S2/c20-17-18-14-8-7-11(10-15(14)23-17)25(21,22)19-13-5-2-1-4-12(13)16-6-3-9-24-16/h1-10,19H,(H,18,20). The number of thiophene rings is 1. The Morgan fingerprint density at radius 2 is 1.88 bits per heavy atom. The first-order valence-corrected chi connectivity index (χ1v) is 9.68. The van der Waals surface area contributed by atoms with Gasteiger partial charge in [-0.15, -0.1) is 11.3 Å². The summed E-state index contributed by atoms with van der Waals surface area (Å²) in [6, 6.07) is 15.3. The van der Waals surface area contributed by atoms with Crippen molar-refractivity contribution in [3.05, 3.63) is 70.5 Å². The van der Waals surface area contributed by atoms with E-state index in [0.717, 1.165) is 10.4 Å². The number of sulfonamides is 1. The second-order valence-corrected chi connectivity index (χ2v) is 7.93. The number of rotatable bonds is 4. The van der Waals surface area contributed by atoms with E-state index in [-0.39, 0.29) is 10.5 Å². The number of anilines is 1. The van der Waals surface area contributed by atoms with E-state index in [0.29, 0.717) is 11.2 Å². The highest BCUT2D eigenvalue weighted by Crippen LogP contribution is 2.32. The molecule has 2 aromatic heterocycles. The molecular weight excluding hydrogens is 360 g/mol. The van der Waals surface area contributed by atoms with Crippen molar-refractivity contribution in [2.45, 2.75) is 4.90 Å². The second kappa shape index (κ2) is 5.91. The summed E-state index contributed by atoms with van der Waals surface area (Å²) in [4.78, 5) is 14.7. The SMILES string of the molecule is O=c1[nH]c2ccc(S(=O)(=O)Nc3ccccc3-c3cccs3)cc2o1. The molecule has 0 spiro atoms. The first-order valence-electron chi connectivity index (χ1n) is 7.31. The van der Waals surface area contributed by atoms with Crippen LogP contribution in [0.2, 0.25) is 0 Å². The first kappa shape index (κ1) is 15.7. The third kappa shape index (κ3) is 2.97. The van der Waals surface area contributed by atoms with E-state index in [1.54, 1.807) is 12.1 Å². The minimum absolute atomic E-state index is 0.0173. The minimum Gasteiger partial charge on any atom is -0.408 e. The largest absolute Gasteiger partial charge is 0.417 e. The van der Waals surface area contributed by atoms with Crippen LogP contribution in [0.15, 0.2) is 74.1 Å². The van der Waals surface area contributed by atoms with Crippen molar-refractivity contribution < 1.29 is 12.8 Å². The summed E-state index contributed by atoms with van der Waals surface area (Å²) in [6.07, 6.45) is 0. The maximum atomic E-state index is 12.7. The zero-order valence-electron chi connectivity index (χ0n) is 12.7. The molecule has 2 N–H and O–H groups in total. The molecule has 0 amide bonds. The first-order chi connectivity index (χ1) is 12.0. The van der Waals surface area contributed by atoms with Gasteiger partial charge in [0.25, 0.3) is 10.0 Å². The monoisotopic (exact) mass is 372 g/mol. The van der Waals surface area contributed by atoms with Gasteiger partial charge in [0.05, 0.1) is 16.1 Å². The molecule has 0 radical (unpaired) electrons. The molecule has 0 bridgehead atoms. The molecule has 4 aromatic rings. The van der Waals surface area contributed by atoms with Crippen molar-refractivity contribution in [3.8, 4) is 10.4 Å². The lowest BCUT2D eigenvalue weighted by molar-refractivity contribution is 0.554. The van der Waals surface area contributed by atoms with Gasteiger partial charge >= 0.3 is 5.76 Å². The van der Waals surface area contributed by atoms with E-state index in [2.05, 4.69) is 9.71 Å². The second-order valence-electron chi connectivity index (χ2n) is 5.30. The van der Waals surface area contributed by atoms with Crippen LogP contribution in [0.4, 0.5) is 5.69 Å². The van der Waals surface area contributed by atoms with Crippen molar-refractivity contribution >= 4 is 38.1 Å². The molecule has 0 unspecified atom stereocenters. The molecule has 4 rings (SSSR count). The molecule has 0 aliphatic rings. The highest BCUT2D eigenvalue weighted by Gasteiger charge is 2.18. The lowest BCUT2D eigenvalue weighted by atomic mass is 10.1. The molecule has 2 aromatic carbocycles. The average Bonchev–Trinajstić information content (AvgIpc) is 3.22. The van der Waals surface area contributed by atoms with Crippen LogP contribution in [0.3, 0.4) is 0 Å². The summed E-state index contributed by atoms with van der Waals surface area (Å²) in [5.41, 5.74) is 1.93. The highest BCUT2D eigenvalue weighted by atomic mass is 32.2. The molecule has 0 fully saturated rings. The number of nitrogens with one attached hydrogen (secondary N) is 2. The number of hydrogen-bond donors (Lipinski definition) is 2. The van der Waals surface area contributed by atoms with Crippen molar-refractivity contribution in [2.24, 2.45) is 0 Å². The summed E-state index contributed by atoms with van der Waals surface area (Å²) < 4.78 is 33.0. The summed E-state index contributed by atoms with van der Waals surface area (Å²) in [7, 11) is -3.83. The van der Waals surface area contributed by atoms with Gasteiger partial charge in [0.15, 0.2) is 5.58 Å². The Kier molecular flexibility index (Phi) is 3.70. The molecule has 126 valence electrons. The maximum Gasteiger partial charge on any atom is 0.417 e. The molecule has 0 atom stereocenters. The topological polar surface area (TPSA) is 92.2 Å². The normalized spacial score (nSPS) is 11.7. The summed E-state index contributed by atoms with van der Waals surface area (Å²) in [6.45, 7) is 0. The van der Waals surface area contributed by atoms with Crippen LogP contribution < -0.4 is 10.5 Å². The van der Waals surface area contributed by atoms with Gasteiger partial charge in [0.2, 0.25) is 0 Å². The van der Waals surface area contributed by atoms with Gasteiger partial charge < -0.3 is 4.42 Å². The molecule has 0 aliphatic heterocycles. The Bertz CT molecular complexity index is 1200. The van der Waals surface area contributed by atoms with E-state index in [1.165, 1.54) is 29.5 Å². The fraction of sp³-hybridized carbons (Fsp3) is 0. The van der Waals surface area contributed by atoms with Gasteiger partial charge in [-0.05, 0) is 29.6 Å². The maximum absolute atomic E-state index is 12.7. The number of benzene rings is 2. The molecule has 0 saturated heterocycles. The van der Waals surface area contributed by atoms with Gasteiger partial charge in [-0.2, -0.15) is 0 Å². The average molecular weight is 372 g/mol. The van der Waals surface area contributed by atoms with Gasteiger partial charge in [-0.3, -0.25) is 9.71 Å².